The molecule has 0 radical (unpaired) electrons. The van der Waals surface area contributed by atoms with Crippen LogP contribution in [0.15, 0.2) is 30.3 Å². The number of hydrogen-bond donors (Lipinski definition) is 0. The third-order valence-corrected chi connectivity index (χ3v) is 5.53. The molecule has 1 aromatic rings. The Morgan fingerprint density at radius 3 is 2.36 bits per heavy atom. The van der Waals surface area contributed by atoms with Crippen molar-refractivity contribution in [1.82, 2.24) is 9.80 Å². The van der Waals surface area contributed by atoms with Gasteiger partial charge < -0.3 is 14.7 Å². The number of halogens is 1. The van der Waals surface area contributed by atoms with Crippen LogP contribution in [0.2, 0.25) is 0 Å². The minimum atomic E-state index is -0.0740. The Labute approximate surface area is 154 Å². The highest BCUT2D eigenvalue weighted by molar-refractivity contribution is 6.29. The zero-order chi connectivity index (χ0) is 17.8. The van der Waals surface area contributed by atoms with Gasteiger partial charge in [0.25, 0.3) is 0 Å². The van der Waals surface area contributed by atoms with Gasteiger partial charge in [0.2, 0.25) is 11.8 Å². The maximum atomic E-state index is 12.7. The molecule has 0 spiro atoms. The monoisotopic (exact) mass is 363 g/mol. The fourth-order valence-corrected chi connectivity index (χ4v) is 4.08. The van der Waals surface area contributed by atoms with Crippen molar-refractivity contribution in [3.63, 3.8) is 0 Å². The average Bonchev–Trinajstić information content (AvgIpc) is 3.09. The van der Waals surface area contributed by atoms with E-state index < -0.39 is 0 Å². The van der Waals surface area contributed by atoms with E-state index in [0.717, 1.165) is 38.0 Å². The summed E-state index contributed by atoms with van der Waals surface area (Å²) in [7, 11) is 2.06. The molecule has 0 aliphatic carbocycles. The van der Waals surface area contributed by atoms with Crippen LogP contribution in [-0.4, -0.2) is 66.8 Å². The second kappa shape index (κ2) is 8.19. The largest absolute Gasteiger partial charge is 0.342 e. The van der Waals surface area contributed by atoms with Crippen LogP contribution >= 0.6 is 11.6 Å². The molecule has 136 valence electrons. The highest BCUT2D eigenvalue weighted by Crippen LogP contribution is 2.26. The van der Waals surface area contributed by atoms with Crippen molar-refractivity contribution < 1.29 is 9.59 Å². The fourth-order valence-electron chi connectivity index (χ4n) is 3.95. The molecule has 0 N–H and O–H groups in total. The van der Waals surface area contributed by atoms with Crippen molar-refractivity contribution >= 4 is 29.1 Å². The zero-order valence-electron chi connectivity index (χ0n) is 14.7. The number of nitrogens with zero attached hydrogens (tertiary/aromatic N) is 3. The number of benzene rings is 1. The molecule has 1 aromatic carbocycles. The van der Waals surface area contributed by atoms with Crippen LogP contribution in [0, 0.1) is 5.92 Å². The number of piperidine rings is 1. The molecule has 1 atom stereocenters. The summed E-state index contributed by atoms with van der Waals surface area (Å²) in [6, 6.07) is 9.78. The second-order valence-electron chi connectivity index (χ2n) is 7.04. The highest BCUT2D eigenvalue weighted by Gasteiger charge is 2.34. The minimum absolute atomic E-state index is 0.0253. The molecule has 1 unspecified atom stereocenters. The Balaban J connectivity index is 1.63. The molecule has 2 heterocycles. The van der Waals surface area contributed by atoms with E-state index in [1.807, 2.05) is 40.1 Å². The summed E-state index contributed by atoms with van der Waals surface area (Å²) in [4.78, 5) is 31.1. The first-order chi connectivity index (χ1) is 12.1. The van der Waals surface area contributed by atoms with E-state index in [1.165, 1.54) is 0 Å². The zero-order valence-corrected chi connectivity index (χ0v) is 15.5. The lowest BCUT2D eigenvalue weighted by atomic mass is 9.99. The van der Waals surface area contributed by atoms with Crippen molar-refractivity contribution in [2.75, 3.05) is 44.0 Å². The van der Waals surface area contributed by atoms with E-state index in [1.54, 1.807) is 0 Å². The standard InChI is InChI=1S/C19H26ClN3O2/c1-21-10-7-15(14-21)19(25)22-11-8-17(9-12-22)23(18(24)13-20)16-5-3-2-4-6-16/h2-6,15,17H,7-14H2,1H3. The first-order valence-corrected chi connectivity index (χ1v) is 9.54. The molecule has 5 nitrogen and oxygen atoms in total. The van der Waals surface area contributed by atoms with Gasteiger partial charge in [-0.05, 0) is 45.0 Å². The van der Waals surface area contributed by atoms with Crippen molar-refractivity contribution in [3.8, 4) is 0 Å². The number of carbonyl (C=O) groups excluding carboxylic acids is 2. The van der Waals surface area contributed by atoms with Gasteiger partial charge in [0.15, 0.2) is 0 Å². The van der Waals surface area contributed by atoms with Gasteiger partial charge in [-0.1, -0.05) is 18.2 Å². The van der Waals surface area contributed by atoms with Gasteiger partial charge in [-0.15, -0.1) is 11.6 Å². The van der Waals surface area contributed by atoms with Gasteiger partial charge in [-0.3, -0.25) is 9.59 Å². The molecular formula is C19H26ClN3O2. The Kier molecular flexibility index (Phi) is 5.97. The Morgan fingerprint density at radius 2 is 1.80 bits per heavy atom. The number of para-hydroxylation sites is 1. The van der Waals surface area contributed by atoms with Gasteiger partial charge in [0.1, 0.15) is 5.88 Å². The van der Waals surface area contributed by atoms with E-state index in [0.29, 0.717) is 13.1 Å². The topological polar surface area (TPSA) is 43.9 Å². The predicted octanol–water partition coefficient (Wildman–Crippen LogP) is 2.20. The van der Waals surface area contributed by atoms with Crippen molar-refractivity contribution in [3.05, 3.63) is 30.3 Å². The van der Waals surface area contributed by atoms with Gasteiger partial charge in [-0.2, -0.15) is 0 Å². The van der Waals surface area contributed by atoms with Crippen molar-refractivity contribution in [2.24, 2.45) is 5.92 Å². The Bertz CT molecular complexity index is 602. The summed E-state index contributed by atoms with van der Waals surface area (Å²) >= 11 is 5.83. The lowest BCUT2D eigenvalue weighted by Gasteiger charge is -2.39. The van der Waals surface area contributed by atoms with Crippen LogP contribution in [0.4, 0.5) is 5.69 Å². The Morgan fingerprint density at radius 1 is 1.12 bits per heavy atom. The van der Waals surface area contributed by atoms with E-state index in [9.17, 15) is 9.59 Å². The van der Waals surface area contributed by atoms with E-state index in [2.05, 4.69) is 11.9 Å². The molecule has 2 saturated heterocycles. The molecule has 0 bridgehead atoms. The molecule has 2 fully saturated rings. The van der Waals surface area contributed by atoms with E-state index in [-0.39, 0.29) is 29.7 Å². The fraction of sp³-hybridized carbons (Fsp3) is 0.579. The summed E-state index contributed by atoms with van der Waals surface area (Å²) in [5, 5.41) is 0. The van der Waals surface area contributed by atoms with Crippen LogP contribution in [-0.2, 0) is 9.59 Å². The number of alkyl halides is 1. The summed E-state index contributed by atoms with van der Waals surface area (Å²) in [6.45, 7) is 3.28. The first-order valence-electron chi connectivity index (χ1n) is 9.00. The first kappa shape index (κ1) is 18.2. The lowest BCUT2D eigenvalue weighted by Crippen LogP contribution is -2.50. The third-order valence-electron chi connectivity index (χ3n) is 5.30. The van der Waals surface area contributed by atoms with Crippen molar-refractivity contribution in [2.45, 2.75) is 25.3 Å². The van der Waals surface area contributed by atoms with Gasteiger partial charge in [0, 0.05) is 31.4 Å². The number of rotatable bonds is 4. The van der Waals surface area contributed by atoms with Crippen LogP contribution < -0.4 is 4.90 Å². The predicted molar refractivity (Wildman–Crippen MR) is 99.9 cm³/mol. The summed E-state index contributed by atoms with van der Waals surface area (Å²) < 4.78 is 0. The lowest BCUT2D eigenvalue weighted by molar-refractivity contribution is -0.136. The van der Waals surface area contributed by atoms with Crippen LogP contribution in [0.3, 0.4) is 0 Å². The smallest absolute Gasteiger partial charge is 0.242 e. The molecule has 0 aromatic heterocycles. The number of amides is 2. The third kappa shape index (κ3) is 4.15. The SMILES string of the molecule is CN1CCC(C(=O)N2CCC(N(C(=O)CCl)c3ccccc3)CC2)C1. The summed E-state index contributed by atoms with van der Waals surface area (Å²) in [5.74, 6) is 0.312. The normalized spacial score (nSPS) is 22.2. The quantitative estimate of drug-likeness (QED) is 0.770. The second-order valence-corrected chi connectivity index (χ2v) is 7.30. The van der Waals surface area contributed by atoms with Crippen LogP contribution in [0.5, 0.6) is 0 Å². The average molecular weight is 364 g/mol. The summed E-state index contributed by atoms with van der Waals surface area (Å²) in [5.41, 5.74) is 0.885. The number of carbonyl (C=O) groups is 2. The van der Waals surface area contributed by atoms with E-state index in [4.69, 9.17) is 11.6 Å². The molecule has 0 saturated carbocycles. The number of anilines is 1. The number of likely N-dealkylation sites (tertiary alicyclic amines) is 2. The maximum absolute atomic E-state index is 12.7. The van der Waals surface area contributed by atoms with Gasteiger partial charge in [0.05, 0.1) is 5.92 Å². The molecular weight excluding hydrogens is 338 g/mol. The van der Waals surface area contributed by atoms with Crippen LogP contribution in [0.25, 0.3) is 0 Å². The maximum Gasteiger partial charge on any atom is 0.242 e. The molecule has 6 heteroatoms. The van der Waals surface area contributed by atoms with Gasteiger partial charge in [-0.25, -0.2) is 0 Å². The molecule has 2 aliphatic rings. The van der Waals surface area contributed by atoms with Crippen LogP contribution in [0.1, 0.15) is 19.3 Å². The molecule has 2 amide bonds. The molecule has 2 aliphatic heterocycles. The van der Waals surface area contributed by atoms with Crippen molar-refractivity contribution in [1.29, 1.82) is 0 Å². The summed E-state index contributed by atoms with van der Waals surface area (Å²) in [6.07, 6.45) is 2.55. The highest BCUT2D eigenvalue weighted by atomic mass is 35.5. The molecule has 3 rings (SSSR count). The minimum Gasteiger partial charge on any atom is -0.342 e. The Hall–Kier alpha value is -1.59. The van der Waals surface area contributed by atoms with Gasteiger partial charge >= 0.3 is 0 Å². The molecule has 25 heavy (non-hydrogen) atoms. The van der Waals surface area contributed by atoms with E-state index >= 15 is 0 Å². The number of hydrogen-bond acceptors (Lipinski definition) is 3.